The third kappa shape index (κ3) is 6.28. The normalized spacial score (nSPS) is 11.7. The Morgan fingerprint density at radius 3 is 2.15 bits per heavy atom. The van der Waals surface area contributed by atoms with Gasteiger partial charge in [0.1, 0.15) is 12.3 Å². The molecule has 0 saturated heterocycles. The standard InChI is InChI=1S/C24H23Cl2N3O4S/c1-16-4-10-23(11-5-16)34(31,32)29(21-13-19(25)12-20(26)14-21)15-24(30)28-27-17(2)18-6-8-22(33-3)9-7-18/h4-14H,15H2,1-3H3,(H,28,30)/b27-17-. The summed E-state index contributed by atoms with van der Waals surface area (Å²) in [5, 5.41) is 4.57. The topological polar surface area (TPSA) is 88.1 Å². The van der Waals surface area contributed by atoms with E-state index in [0.29, 0.717) is 11.5 Å². The van der Waals surface area contributed by atoms with Gasteiger partial charge < -0.3 is 4.74 Å². The molecular weight excluding hydrogens is 497 g/mol. The fourth-order valence-electron chi connectivity index (χ4n) is 3.04. The van der Waals surface area contributed by atoms with Crippen LogP contribution in [-0.4, -0.2) is 33.7 Å². The maximum atomic E-state index is 13.4. The molecule has 0 bridgehead atoms. The van der Waals surface area contributed by atoms with Crippen LogP contribution in [0.5, 0.6) is 5.75 Å². The van der Waals surface area contributed by atoms with Crippen molar-refractivity contribution in [3.05, 3.63) is 87.9 Å². The fourth-order valence-corrected chi connectivity index (χ4v) is 4.96. The van der Waals surface area contributed by atoms with E-state index in [4.69, 9.17) is 27.9 Å². The molecule has 10 heteroatoms. The minimum Gasteiger partial charge on any atom is -0.497 e. The summed E-state index contributed by atoms with van der Waals surface area (Å²) in [6, 6.07) is 17.8. The van der Waals surface area contributed by atoms with Crippen molar-refractivity contribution in [1.82, 2.24) is 5.43 Å². The third-order valence-corrected chi connectivity index (χ3v) is 7.11. The van der Waals surface area contributed by atoms with Crippen LogP contribution in [0, 0.1) is 6.92 Å². The first-order chi connectivity index (χ1) is 16.1. The molecule has 0 saturated carbocycles. The summed E-state index contributed by atoms with van der Waals surface area (Å²) in [6.07, 6.45) is 0. The van der Waals surface area contributed by atoms with Gasteiger partial charge in [0.2, 0.25) is 0 Å². The van der Waals surface area contributed by atoms with Gasteiger partial charge in [-0.15, -0.1) is 0 Å². The van der Waals surface area contributed by atoms with Gasteiger partial charge in [-0.1, -0.05) is 40.9 Å². The lowest BCUT2D eigenvalue weighted by Gasteiger charge is -2.24. The van der Waals surface area contributed by atoms with Crippen molar-refractivity contribution in [3.63, 3.8) is 0 Å². The molecule has 0 radical (unpaired) electrons. The van der Waals surface area contributed by atoms with Crippen molar-refractivity contribution in [2.75, 3.05) is 18.0 Å². The van der Waals surface area contributed by atoms with Gasteiger partial charge in [-0.25, -0.2) is 13.8 Å². The number of benzene rings is 3. The average Bonchev–Trinajstić information content (AvgIpc) is 2.80. The molecular formula is C24H23Cl2N3O4S. The summed E-state index contributed by atoms with van der Waals surface area (Å²) in [6.45, 7) is 3.04. The van der Waals surface area contributed by atoms with Crippen LogP contribution in [0.15, 0.2) is 76.7 Å². The Morgan fingerprint density at radius 1 is 1.00 bits per heavy atom. The summed E-state index contributed by atoms with van der Waals surface area (Å²) in [5.41, 5.74) is 4.78. The number of ether oxygens (including phenoxy) is 1. The average molecular weight is 520 g/mol. The zero-order valence-corrected chi connectivity index (χ0v) is 21.1. The summed E-state index contributed by atoms with van der Waals surface area (Å²) in [5.74, 6) is 0.0531. The third-order valence-electron chi connectivity index (χ3n) is 4.89. The van der Waals surface area contributed by atoms with Crippen LogP contribution in [0.3, 0.4) is 0 Å². The molecule has 1 amide bonds. The van der Waals surface area contributed by atoms with Gasteiger partial charge in [0.15, 0.2) is 0 Å². The molecule has 0 unspecified atom stereocenters. The number of halogens is 2. The first-order valence-corrected chi connectivity index (χ1v) is 12.3. The van der Waals surface area contributed by atoms with Crippen LogP contribution in [0.4, 0.5) is 5.69 Å². The number of nitrogens with zero attached hydrogens (tertiary/aromatic N) is 2. The molecule has 0 fully saturated rings. The number of aryl methyl sites for hydroxylation is 1. The van der Waals surface area contributed by atoms with Crippen LogP contribution < -0.4 is 14.5 Å². The molecule has 1 N–H and O–H groups in total. The second-order valence-electron chi connectivity index (χ2n) is 7.41. The number of rotatable bonds is 8. The molecule has 0 atom stereocenters. The lowest BCUT2D eigenvalue weighted by Crippen LogP contribution is -2.39. The smallest absolute Gasteiger partial charge is 0.264 e. The Labute approximate surface area is 209 Å². The minimum absolute atomic E-state index is 0.0277. The SMILES string of the molecule is COc1ccc(/C(C)=N\NC(=O)CN(c2cc(Cl)cc(Cl)c2)S(=O)(=O)c2ccc(C)cc2)cc1. The number of nitrogens with one attached hydrogen (secondary N) is 1. The molecule has 3 aromatic rings. The van der Waals surface area contributed by atoms with E-state index in [1.165, 1.54) is 30.3 Å². The Kier molecular flexibility index (Phi) is 8.19. The van der Waals surface area contributed by atoms with Crippen molar-refractivity contribution < 1.29 is 17.9 Å². The number of sulfonamides is 1. The van der Waals surface area contributed by atoms with E-state index in [9.17, 15) is 13.2 Å². The number of amides is 1. The van der Waals surface area contributed by atoms with Gasteiger partial charge in [0, 0.05) is 10.0 Å². The van der Waals surface area contributed by atoms with Crippen molar-refractivity contribution >= 4 is 50.5 Å². The maximum Gasteiger partial charge on any atom is 0.264 e. The lowest BCUT2D eigenvalue weighted by atomic mass is 10.1. The van der Waals surface area contributed by atoms with E-state index >= 15 is 0 Å². The minimum atomic E-state index is -4.11. The molecule has 7 nitrogen and oxygen atoms in total. The second-order valence-corrected chi connectivity index (χ2v) is 10.1. The molecule has 0 aromatic heterocycles. The van der Waals surface area contributed by atoms with E-state index in [2.05, 4.69) is 10.5 Å². The van der Waals surface area contributed by atoms with Crippen LogP contribution in [0.2, 0.25) is 10.0 Å². The van der Waals surface area contributed by atoms with E-state index < -0.39 is 22.5 Å². The highest BCUT2D eigenvalue weighted by molar-refractivity contribution is 7.92. The Balaban J connectivity index is 1.89. The largest absolute Gasteiger partial charge is 0.497 e. The highest BCUT2D eigenvalue weighted by Gasteiger charge is 2.27. The Morgan fingerprint density at radius 2 is 1.59 bits per heavy atom. The molecule has 0 aliphatic heterocycles. The maximum absolute atomic E-state index is 13.4. The molecule has 178 valence electrons. The van der Waals surface area contributed by atoms with Crippen LogP contribution in [-0.2, 0) is 14.8 Å². The molecule has 0 aliphatic carbocycles. The highest BCUT2D eigenvalue weighted by Crippen LogP contribution is 2.29. The number of carbonyl (C=O) groups is 1. The predicted octanol–water partition coefficient (Wildman–Crippen LogP) is 5.05. The number of hydrazone groups is 1. The van der Waals surface area contributed by atoms with E-state index in [1.807, 2.05) is 6.92 Å². The van der Waals surface area contributed by atoms with Gasteiger partial charge in [0.05, 0.1) is 23.4 Å². The zero-order valence-electron chi connectivity index (χ0n) is 18.7. The second kappa shape index (κ2) is 10.9. The van der Waals surface area contributed by atoms with Gasteiger partial charge in [-0.3, -0.25) is 9.10 Å². The highest BCUT2D eigenvalue weighted by atomic mass is 35.5. The number of methoxy groups -OCH3 is 1. The fraction of sp³-hybridized carbons (Fsp3) is 0.167. The Hall–Kier alpha value is -3.07. The van der Waals surface area contributed by atoms with E-state index in [-0.39, 0.29) is 20.6 Å². The van der Waals surface area contributed by atoms with Crippen LogP contribution >= 0.6 is 23.2 Å². The molecule has 3 aromatic carbocycles. The van der Waals surface area contributed by atoms with E-state index in [0.717, 1.165) is 15.4 Å². The quantitative estimate of drug-likeness (QED) is 0.333. The van der Waals surface area contributed by atoms with Gasteiger partial charge in [-0.2, -0.15) is 5.10 Å². The molecule has 0 aliphatic rings. The first-order valence-electron chi connectivity index (χ1n) is 10.1. The summed E-state index contributed by atoms with van der Waals surface area (Å²) in [4.78, 5) is 12.8. The molecule has 0 heterocycles. The van der Waals surface area contributed by atoms with Crippen molar-refractivity contribution in [1.29, 1.82) is 0 Å². The molecule has 0 spiro atoms. The summed E-state index contributed by atoms with van der Waals surface area (Å²) < 4.78 is 32.9. The zero-order chi connectivity index (χ0) is 24.9. The van der Waals surface area contributed by atoms with Crippen LogP contribution in [0.25, 0.3) is 0 Å². The van der Waals surface area contributed by atoms with Crippen molar-refractivity contribution in [2.45, 2.75) is 18.7 Å². The van der Waals surface area contributed by atoms with Crippen LogP contribution in [0.1, 0.15) is 18.1 Å². The molecule has 3 rings (SSSR count). The number of hydrogen-bond donors (Lipinski definition) is 1. The van der Waals surface area contributed by atoms with Crippen molar-refractivity contribution in [3.8, 4) is 5.75 Å². The summed E-state index contributed by atoms with van der Waals surface area (Å²) >= 11 is 12.2. The number of carbonyl (C=O) groups excluding carboxylic acids is 1. The Bertz CT molecular complexity index is 1290. The number of anilines is 1. The van der Waals surface area contributed by atoms with E-state index in [1.54, 1.807) is 50.4 Å². The van der Waals surface area contributed by atoms with Crippen molar-refractivity contribution in [2.24, 2.45) is 5.10 Å². The lowest BCUT2D eigenvalue weighted by molar-refractivity contribution is -0.119. The van der Waals surface area contributed by atoms with Gasteiger partial charge in [-0.05, 0) is 74.0 Å². The van der Waals surface area contributed by atoms with Gasteiger partial charge in [0.25, 0.3) is 15.9 Å². The summed E-state index contributed by atoms with van der Waals surface area (Å²) in [7, 11) is -2.54. The number of hydrogen-bond acceptors (Lipinski definition) is 5. The molecule has 34 heavy (non-hydrogen) atoms. The van der Waals surface area contributed by atoms with Gasteiger partial charge >= 0.3 is 0 Å². The monoisotopic (exact) mass is 519 g/mol. The predicted molar refractivity (Wildman–Crippen MR) is 136 cm³/mol. The first kappa shape index (κ1) is 25.6.